The van der Waals surface area contributed by atoms with Crippen LogP contribution >= 0.6 is 0 Å². The summed E-state index contributed by atoms with van der Waals surface area (Å²) in [6.45, 7) is 11.0. The quantitative estimate of drug-likeness (QED) is 0.0797. The van der Waals surface area contributed by atoms with Crippen molar-refractivity contribution >= 4 is 54.5 Å². The van der Waals surface area contributed by atoms with Crippen LogP contribution in [0.1, 0.15) is 48.9 Å². The highest BCUT2D eigenvalue weighted by atomic mass is 32.2. The third-order valence-corrected chi connectivity index (χ3v) is 28.0. The van der Waals surface area contributed by atoms with E-state index in [4.69, 9.17) is 0 Å². The Kier molecular flexibility index (Phi) is 28.2. The maximum atomic E-state index is 2.29. The molecule has 0 N–H and O–H groups in total. The highest BCUT2D eigenvalue weighted by molar-refractivity contribution is 7.98. The lowest BCUT2D eigenvalue weighted by Crippen LogP contribution is -2.06. The van der Waals surface area contributed by atoms with Crippen LogP contribution in [0.25, 0.3) is 0 Å². The molecule has 0 heterocycles. The predicted molar refractivity (Wildman–Crippen MR) is 440 cm³/mol. The fourth-order valence-electron chi connectivity index (χ4n) is 11.5. The Hall–Kier alpha value is -9.95. The Morgan fingerprint density at radius 3 is 0.598 bits per heavy atom. The summed E-state index contributed by atoms with van der Waals surface area (Å²) in [5, 5.41) is 0. The van der Waals surface area contributed by atoms with Crippen LogP contribution in [-0.4, -0.2) is 0 Å². The first-order chi connectivity index (χ1) is 50.3. The third kappa shape index (κ3) is 20.9. The molecule has 0 unspecified atom stereocenters. The molecule has 0 fully saturated rings. The second kappa shape index (κ2) is 39.3. The zero-order valence-corrected chi connectivity index (χ0v) is 62.9. The smallest absolute Gasteiger partial charge is 0.0619 e. The Morgan fingerprint density at radius 2 is 0.382 bits per heavy atom. The van der Waals surface area contributed by atoms with Crippen LogP contribution in [0, 0.1) is 13.8 Å². The van der Waals surface area contributed by atoms with Crippen LogP contribution in [0.4, 0.5) is 0 Å². The number of benzene rings is 15. The van der Waals surface area contributed by atoms with Gasteiger partial charge >= 0.3 is 0 Å². The molecule has 0 aliphatic rings. The van der Waals surface area contributed by atoms with Crippen molar-refractivity contribution in [3.63, 3.8) is 0 Å². The van der Waals surface area contributed by atoms with Crippen LogP contribution in [-0.2, 0) is 60.9 Å². The first kappa shape index (κ1) is 73.3. The van der Waals surface area contributed by atoms with Gasteiger partial charge in [0.25, 0.3) is 0 Å². The summed E-state index contributed by atoms with van der Waals surface area (Å²) < 4.78 is 0. The molecule has 0 radical (unpaired) electrons. The minimum absolute atomic E-state index is 0.0146. The van der Waals surface area contributed by atoms with Crippen LogP contribution in [0.2, 0.25) is 0 Å². The largest absolute Gasteiger partial charge is 0.169 e. The van der Waals surface area contributed by atoms with E-state index in [9.17, 15) is 0 Å². The van der Waals surface area contributed by atoms with E-state index in [1.54, 1.807) is 0 Å². The molecule has 0 aliphatic carbocycles. The van der Waals surface area contributed by atoms with Crippen LogP contribution < -0.4 is 0 Å². The summed E-state index contributed by atoms with van der Waals surface area (Å²) in [6.07, 6.45) is 1.09. The molecule has 15 rings (SSSR count). The maximum absolute atomic E-state index is 2.29. The van der Waals surface area contributed by atoms with E-state index >= 15 is 0 Å². The van der Waals surface area contributed by atoms with E-state index in [1.165, 1.54) is 95.7 Å². The van der Waals surface area contributed by atoms with Gasteiger partial charge in [-0.3, -0.25) is 0 Å². The van der Waals surface area contributed by atoms with Gasteiger partial charge in [0.05, 0.1) is 54.5 Å². The van der Waals surface area contributed by atoms with Crippen molar-refractivity contribution < 1.29 is 0 Å². The van der Waals surface area contributed by atoms with Crippen molar-refractivity contribution in [2.75, 3.05) is 0 Å². The molecule has 0 bridgehead atoms. The summed E-state index contributed by atoms with van der Waals surface area (Å²) in [4.78, 5) is 20.5. The molecule has 102 heavy (non-hydrogen) atoms. The topological polar surface area (TPSA) is 0 Å². The van der Waals surface area contributed by atoms with Crippen molar-refractivity contribution in [3.8, 4) is 0 Å². The molecule has 15 aromatic carbocycles. The highest BCUT2D eigenvalue weighted by Gasteiger charge is 2.33. The van der Waals surface area contributed by atoms with Gasteiger partial charge in [0.15, 0.2) is 73.4 Å². The van der Waals surface area contributed by atoms with E-state index in [0.29, 0.717) is 5.92 Å². The Bertz CT molecular complexity index is 4520. The van der Waals surface area contributed by atoms with Gasteiger partial charge in [-0.25, -0.2) is 0 Å². The Balaban J connectivity index is 0.000000128. The van der Waals surface area contributed by atoms with E-state index in [1.807, 2.05) is 0 Å². The Labute approximate surface area is 622 Å². The Morgan fingerprint density at radius 1 is 0.196 bits per heavy atom. The van der Waals surface area contributed by atoms with Crippen LogP contribution in [0.15, 0.2) is 504 Å². The molecular weight excluding hydrogens is 1330 g/mol. The minimum Gasteiger partial charge on any atom is -0.0619 e. The van der Waals surface area contributed by atoms with Gasteiger partial charge < -0.3 is 0 Å². The summed E-state index contributed by atoms with van der Waals surface area (Å²) in [5.41, 5.74) is 5.44. The van der Waals surface area contributed by atoms with Gasteiger partial charge in [-0.05, 0) is 213 Å². The standard InChI is InChI=1S/C21H21S.C20H19S.2C19H17S.C18H15S/c1-17(2)18-13-15-21(16-14-18)22(19-9-5-3-6-10-19)20-11-7-4-8-12-20;1-2-17-13-15-20(16-14-17)21(18-9-5-3-6-10-18)19-11-7-4-8-12-19;1-16-10-8-9-15-19(16)20(17-11-4-2-5-12-17)18-13-6-3-7-14-18;1-16-12-14-19(15-13-16)20(17-8-4-2-5-9-17)18-10-6-3-7-11-18;1-4-10-16(11-5-1)19(17-12-6-2-7-13-17)18-14-8-3-9-15-18/h3-17H,1-2H3;3-16H,2H2,1H3;2*2-15H,1H3;1-15H/q5*+1. The fourth-order valence-corrected chi connectivity index (χ4v) is 22.1. The molecular formula is C97H89S5+5. The fraction of sp³-hybridized carbons (Fsp3) is 0.0722. The third-order valence-electron chi connectivity index (χ3n) is 16.7. The molecule has 0 saturated carbocycles. The van der Waals surface area contributed by atoms with E-state index in [2.05, 4.69) is 465 Å². The van der Waals surface area contributed by atoms with E-state index in [-0.39, 0.29) is 54.5 Å². The van der Waals surface area contributed by atoms with Crippen molar-refractivity contribution in [2.45, 2.75) is 120 Å². The van der Waals surface area contributed by atoms with Gasteiger partial charge in [0, 0.05) is 5.56 Å². The number of hydrogen-bond donors (Lipinski definition) is 0. The lowest BCUT2D eigenvalue weighted by molar-refractivity contribution is 0.864. The molecule has 0 amide bonds. The normalized spacial score (nSPS) is 10.8. The summed E-state index contributed by atoms with van der Waals surface area (Å²) >= 11 is 0. The lowest BCUT2D eigenvalue weighted by Gasteiger charge is -2.09. The average Bonchev–Trinajstić information content (AvgIpc) is 0.840. The molecule has 0 aromatic heterocycles. The average molecular weight is 1420 g/mol. The highest BCUT2D eigenvalue weighted by Crippen LogP contribution is 2.37. The second-order valence-corrected chi connectivity index (χ2v) is 34.4. The molecule has 0 spiro atoms. The second-order valence-electron chi connectivity index (χ2n) is 24.3. The molecule has 0 saturated heterocycles. The zero-order chi connectivity index (χ0) is 70.3. The van der Waals surface area contributed by atoms with E-state index < -0.39 is 0 Å². The van der Waals surface area contributed by atoms with Gasteiger partial charge in [-0.1, -0.05) is 281 Å². The number of rotatable bonds is 17. The van der Waals surface area contributed by atoms with Crippen LogP contribution in [0.5, 0.6) is 0 Å². The van der Waals surface area contributed by atoms with Crippen LogP contribution in [0.3, 0.4) is 0 Å². The number of aryl methyl sites for hydroxylation is 3. The molecule has 502 valence electrons. The molecule has 0 atom stereocenters. The molecule has 5 heteroatoms. The molecule has 0 aliphatic heterocycles. The lowest BCUT2D eigenvalue weighted by atomic mass is 10.0. The van der Waals surface area contributed by atoms with Crippen molar-refractivity contribution in [2.24, 2.45) is 0 Å². The predicted octanol–water partition coefficient (Wildman–Crippen LogP) is 26.2. The minimum atomic E-state index is -0.0361. The summed E-state index contributed by atoms with van der Waals surface area (Å²) in [5.74, 6) is 0.573. The van der Waals surface area contributed by atoms with Gasteiger partial charge in [-0.2, -0.15) is 0 Å². The van der Waals surface area contributed by atoms with Crippen molar-refractivity contribution in [1.82, 2.24) is 0 Å². The SMILES string of the molecule is CC(C)c1ccc([S+](c2ccccc2)c2ccccc2)cc1.CCc1ccc([S+](c2ccccc2)c2ccccc2)cc1.Cc1ccc([S+](c2ccccc2)c2ccccc2)cc1.Cc1ccccc1[S+](c1ccccc1)c1ccccc1.c1ccc([S+](c2ccccc2)c2ccccc2)cc1. The first-order valence-electron chi connectivity index (χ1n) is 34.9. The summed E-state index contributed by atoms with van der Waals surface area (Å²) in [6, 6.07) is 154. The number of hydrogen-bond acceptors (Lipinski definition) is 0. The van der Waals surface area contributed by atoms with Crippen molar-refractivity contribution in [1.29, 1.82) is 0 Å². The zero-order valence-electron chi connectivity index (χ0n) is 58.8. The monoisotopic (exact) mass is 1410 g/mol. The molecule has 0 nitrogen and oxygen atoms in total. The first-order valence-corrected chi connectivity index (χ1v) is 41.0. The summed E-state index contributed by atoms with van der Waals surface area (Å²) in [7, 11) is -0.125. The van der Waals surface area contributed by atoms with Gasteiger partial charge in [0.2, 0.25) is 0 Å². The van der Waals surface area contributed by atoms with Gasteiger partial charge in [-0.15, -0.1) is 0 Å². The maximum Gasteiger partial charge on any atom is 0.169 e. The molecule has 15 aromatic rings. The van der Waals surface area contributed by atoms with E-state index in [0.717, 1.165) is 6.42 Å². The van der Waals surface area contributed by atoms with Gasteiger partial charge in [0.1, 0.15) is 0 Å². The van der Waals surface area contributed by atoms with Crippen molar-refractivity contribution in [3.05, 3.63) is 453 Å².